The quantitative estimate of drug-likeness (QED) is 0.741. The molecule has 6 nitrogen and oxygen atoms in total. The summed E-state index contributed by atoms with van der Waals surface area (Å²) in [5.41, 5.74) is -0.113. The molecule has 0 aromatic carbocycles. The summed E-state index contributed by atoms with van der Waals surface area (Å²) in [4.78, 5) is 15.9. The Morgan fingerprint density at radius 1 is 1.38 bits per heavy atom. The van der Waals surface area contributed by atoms with E-state index in [0.29, 0.717) is 5.82 Å². The maximum Gasteiger partial charge on any atom is 0.354 e. The number of carbonyl (C=O) groups is 1. The van der Waals surface area contributed by atoms with Crippen LogP contribution in [-0.2, 0) is 0 Å². The Morgan fingerprint density at radius 3 is 2.50 bits per heavy atom. The van der Waals surface area contributed by atoms with Crippen LogP contribution in [0, 0.1) is 22.7 Å². The molecule has 0 amide bonds. The molecule has 6 heteroatoms. The number of pyridine rings is 1. The minimum atomic E-state index is -1.14. The Hall–Kier alpha value is -2.60. The summed E-state index contributed by atoms with van der Waals surface area (Å²) in [6.07, 6.45) is 0. The van der Waals surface area contributed by atoms with Crippen LogP contribution in [-0.4, -0.2) is 29.1 Å². The fraction of sp³-hybridized carbons (Fsp3) is 0.200. The van der Waals surface area contributed by atoms with Gasteiger partial charge in [-0.25, -0.2) is 9.78 Å². The van der Waals surface area contributed by atoms with Gasteiger partial charge in [0.2, 0.25) is 0 Å². The lowest BCUT2D eigenvalue weighted by atomic mass is 10.3. The SMILES string of the molecule is N#CCN(CC#N)c1cccc(C(=O)O)n1. The summed E-state index contributed by atoms with van der Waals surface area (Å²) < 4.78 is 0. The minimum Gasteiger partial charge on any atom is -0.477 e. The molecule has 0 aliphatic rings. The summed E-state index contributed by atoms with van der Waals surface area (Å²) >= 11 is 0. The van der Waals surface area contributed by atoms with E-state index < -0.39 is 5.97 Å². The lowest BCUT2D eigenvalue weighted by molar-refractivity contribution is 0.0690. The molecule has 0 atom stereocenters. The van der Waals surface area contributed by atoms with E-state index in [9.17, 15) is 4.79 Å². The second kappa shape index (κ2) is 5.32. The molecule has 0 aliphatic carbocycles. The van der Waals surface area contributed by atoms with Gasteiger partial charge < -0.3 is 10.0 Å². The van der Waals surface area contributed by atoms with Gasteiger partial charge in [-0.3, -0.25) is 0 Å². The summed E-state index contributed by atoms with van der Waals surface area (Å²) in [6, 6.07) is 8.20. The summed E-state index contributed by atoms with van der Waals surface area (Å²) in [7, 11) is 0. The number of aromatic nitrogens is 1. The number of nitrogens with zero attached hydrogens (tertiary/aromatic N) is 4. The van der Waals surface area contributed by atoms with Gasteiger partial charge in [-0.05, 0) is 12.1 Å². The molecule has 0 bridgehead atoms. The van der Waals surface area contributed by atoms with Gasteiger partial charge in [-0.2, -0.15) is 10.5 Å². The summed E-state index contributed by atoms with van der Waals surface area (Å²) in [5.74, 6) is -0.835. The third-order valence-corrected chi connectivity index (χ3v) is 1.80. The van der Waals surface area contributed by atoms with Gasteiger partial charge >= 0.3 is 5.97 Å². The van der Waals surface area contributed by atoms with Crippen molar-refractivity contribution in [3.05, 3.63) is 23.9 Å². The molecule has 0 aliphatic heterocycles. The molecule has 1 aromatic rings. The van der Waals surface area contributed by atoms with Crippen molar-refractivity contribution in [1.29, 1.82) is 10.5 Å². The van der Waals surface area contributed by atoms with Gasteiger partial charge in [-0.15, -0.1) is 0 Å². The Kier molecular flexibility index (Phi) is 3.82. The normalized spacial score (nSPS) is 8.88. The Bertz CT molecular complexity index is 456. The Labute approximate surface area is 92.0 Å². The predicted molar refractivity (Wildman–Crippen MR) is 54.6 cm³/mol. The first-order chi connectivity index (χ1) is 7.69. The van der Waals surface area contributed by atoms with E-state index in [-0.39, 0.29) is 18.8 Å². The molecular weight excluding hydrogens is 208 g/mol. The van der Waals surface area contributed by atoms with Gasteiger partial charge in [0.25, 0.3) is 0 Å². The first-order valence-electron chi connectivity index (χ1n) is 4.38. The third-order valence-electron chi connectivity index (χ3n) is 1.80. The monoisotopic (exact) mass is 216 g/mol. The maximum atomic E-state index is 10.7. The summed E-state index contributed by atoms with van der Waals surface area (Å²) in [6.45, 7) is -0.0206. The van der Waals surface area contributed by atoms with Gasteiger partial charge in [0.05, 0.1) is 12.1 Å². The van der Waals surface area contributed by atoms with Crippen molar-refractivity contribution in [2.24, 2.45) is 0 Å². The molecule has 0 unspecified atom stereocenters. The van der Waals surface area contributed by atoms with Gasteiger partial charge in [0.15, 0.2) is 5.69 Å². The average molecular weight is 216 g/mol. The fourth-order valence-corrected chi connectivity index (χ4v) is 1.11. The van der Waals surface area contributed by atoms with Crippen LogP contribution in [0.2, 0.25) is 0 Å². The fourth-order valence-electron chi connectivity index (χ4n) is 1.11. The number of rotatable bonds is 4. The van der Waals surface area contributed by atoms with E-state index in [2.05, 4.69) is 4.98 Å². The highest BCUT2D eigenvalue weighted by Crippen LogP contribution is 2.10. The number of aromatic carboxylic acids is 1. The maximum absolute atomic E-state index is 10.7. The van der Waals surface area contributed by atoms with Gasteiger partial charge in [-0.1, -0.05) is 6.07 Å². The van der Waals surface area contributed by atoms with Crippen molar-refractivity contribution in [2.75, 3.05) is 18.0 Å². The smallest absolute Gasteiger partial charge is 0.354 e. The molecule has 1 aromatic heterocycles. The van der Waals surface area contributed by atoms with Crippen LogP contribution >= 0.6 is 0 Å². The van der Waals surface area contributed by atoms with E-state index in [1.807, 2.05) is 12.1 Å². The zero-order valence-electron chi connectivity index (χ0n) is 8.29. The van der Waals surface area contributed by atoms with E-state index >= 15 is 0 Å². The molecule has 0 saturated carbocycles. The van der Waals surface area contributed by atoms with Crippen LogP contribution in [0.3, 0.4) is 0 Å². The van der Waals surface area contributed by atoms with Crippen LogP contribution in [0.25, 0.3) is 0 Å². The molecule has 1 heterocycles. The highest BCUT2D eigenvalue weighted by Gasteiger charge is 2.10. The molecule has 80 valence electrons. The van der Waals surface area contributed by atoms with Crippen molar-refractivity contribution in [3.63, 3.8) is 0 Å². The first-order valence-corrected chi connectivity index (χ1v) is 4.38. The standard InChI is InChI=1S/C10H8N4O2/c11-4-6-14(7-5-12)9-3-1-2-8(13-9)10(15)16/h1-3H,6-7H2,(H,15,16). The molecular formula is C10H8N4O2. The van der Waals surface area contributed by atoms with E-state index in [0.717, 1.165) is 0 Å². The Balaban J connectivity index is 3.01. The van der Waals surface area contributed by atoms with Crippen molar-refractivity contribution in [2.45, 2.75) is 0 Å². The predicted octanol–water partition coefficient (Wildman–Crippen LogP) is 0.633. The Morgan fingerprint density at radius 2 is 2.00 bits per heavy atom. The van der Waals surface area contributed by atoms with Crippen molar-refractivity contribution in [1.82, 2.24) is 4.98 Å². The highest BCUT2D eigenvalue weighted by molar-refractivity contribution is 5.85. The molecule has 1 N–H and O–H groups in total. The number of carboxylic acids is 1. The van der Waals surface area contributed by atoms with Crippen molar-refractivity contribution in [3.8, 4) is 12.1 Å². The molecule has 0 fully saturated rings. The number of nitriles is 2. The second-order valence-electron chi connectivity index (χ2n) is 2.86. The second-order valence-corrected chi connectivity index (χ2v) is 2.86. The molecule has 0 saturated heterocycles. The molecule has 16 heavy (non-hydrogen) atoms. The number of hydrogen-bond acceptors (Lipinski definition) is 5. The number of hydrogen-bond donors (Lipinski definition) is 1. The number of carboxylic acid groups (broad SMARTS) is 1. The average Bonchev–Trinajstić information content (AvgIpc) is 2.29. The molecule has 0 radical (unpaired) electrons. The molecule has 1 rings (SSSR count). The third kappa shape index (κ3) is 2.69. The highest BCUT2D eigenvalue weighted by atomic mass is 16.4. The van der Waals surface area contributed by atoms with Crippen molar-refractivity contribution < 1.29 is 9.90 Å². The van der Waals surface area contributed by atoms with Crippen LogP contribution in [0.1, 0.15) is 10.5 Å². The zero-order chi connectivity index (χ0) is 12.0. The van der Waals surface area contributed by atoms with Crippen molar-refractivity contribution >= 4 is 11.8 Å². The summed E-state index contributed by atoms with van der Waals surface area (Å²) in [5, 5.41) is 25.9. The number of anilines is 1. The topological polar surface area (TPSA) is 101 Å². The van der Waals surface area contributed by atoms with Crippen LogP contribution in [0.4, 0.5) is 5.82 Å². The van der Waals surface area contributed by atoms with Crippen LogP contribution in [0.15, 0.2) is 18.2 Å². The minimum absolute atomic E-state index is 0.0103. The van der Waals surface area contributed by atoms with Crippen LogP contribution in [0.5, 0.6) is 0 Å². The lowest BCUT2D eigenvalue weighted by Gasteiger charge is -2.16. The van der Waals surface area contributed by atoms with E-state index in [1.165, 1.54) is 17.0 Å². The molecule has 0 spiro atoms. The van der Waals surface area contributed by atoms with Gasteiger partial charge in [0.1, 0.15) is 18.9 Å². The van der Waals surface area contributed by atoms with Gasteiger partial charge in [0, 0.05) is 0 Å². The van der Waals surface area contributed by atoms with Crippen LogP contribution < -0.4 is 4.90 Å². The van der Waals surface area contributed by atoms with E-state index in [4.69, 9.17) is 15.6 Å². The largest absolute Gasteiger partial charge is 0.477 e. The first kappa shape index (κ1) is 11.5. The zero-order valence-corrected chi connectivity index (χ0v) is 8.29. The lowest BCUT2D eigenvalue weighted by Crippen LogP contribution is -2.25. The van der Waals surface area contributed by atoms with E-state index in [1.54, 1.807) is 6.07 Å².